The van der Waals surface area contributed by atoms with Crippen molar-refractivity contribution in [2.45, 2.75) is 26.2 Å². The van der Waals surface area contributed by atoms with E-state index in [2.05, 4.69) is 20.7 Å². The van der Waals surface area contributed by atoms with E-state index in [1.165, 1.54) is 0 Å². The predicted molar refractivity (Wildman–Crippen MR) is 69.6 cm³/mol. The van der Waals surface area contributed by atoms with E-state index in [1.54, 1.807) is 25.3 Å². The topological polar surface area (TPSA) is 76.5 Å². The van der Waals surface area contributed by atoms with Crippen LogP contribution in [0.4, 0.5) is 5.82 Å². The van der Waals surface area contributed by atoms with Crippen LogP contribution in [-0.2, 0) is 9.53 Å². The molecule has 1 rings (SSSR count). The highest BCUT2D eigenvalue weighted by Gasteiger charge is 1.99. The summed E-state index contributed by atoms with van der Waals surface area (Å²) in [5.41, 5.74) is 2.71. The van der Waals surface area contributed by atoms with E-state index in [4.69, 9.17) is 16.3 Å². The standard InChI is InChI=1S/C11H15ClN4O2/c1-2-18-11(17)5-3-4-8-13-15-10-7-6-9(12)14-16-10/h6-8H,2-5H2,1H3,(H,15,16). The summed E-state index contributed by atoms with van der Waals surface area (Å²) in [5.74, 6) is 0.337. The number of halogens is 1. The van der Waals surface area contributed by atoms with E-state index in [9.17, 15) is 4.79 Å². The number of esters is 1. The number of hydrogen-bond acceptors (Lipinski definition) is 6. The third kappa shape index (κ3) is 6.15. The molecule has 7 heteroatoms. The van der Waals surface area contributed by atoms with Crippen molar-refractivity contribution in [2.75, 3.05) is 12.0 Å². The molecule has 0 aliphatic heterocycles. The van der Waals surface area contributed by atoms with Crippen LogP contribution in [0.2, 0.25) is 5.15 Å². The molecule has 0 saturated heterocycles. The van der Waals surface area contributed by atoms with Gasteiger partial charge in [-0.15, -0.1) is 10.2 Å². The number of rotatable bonds is 7. The van der Waals surface area contributed by atoms with Gasteiger partial charge in [-0.05, 0) is 31.9 Å². The van der Waals surface area contributed by atoms with Crippen LogP contribution >= 0.6 is 11.6 Å². The van der Waals surface area contributed by atoms with Gasteiger partial charge < -0.3 is 4.74 Å². The fourth-order valence-electron chi connectivity index (χ4n) is 1.12. The van der Waals surface area contributed by atoms with E-state index in [0.29, 0.717) is 36.8 Å². The van der Waals surface area contributed by atoms with E-state index < -0.39 is 0 Å². The highest BCUT2D eigenvalue weighted by Crippen LogP contribution is 2.05. The van der Waals surface area contributed by atoms with Crippen LogP contribution in [0.1, 0.15) is 26.2 Å². The number of carbonyl (C=O) groups excluding carboxylic acids is 1. The highest BCUT2D eigenvalue weighted by atomic mass is 35.5. The second kappa shape index (κ2) is 8.41. The summed E-state index contributed by atoms with van der Waals surface area (Å²) in [7, 11) is 0. The van der Waals surface area contributed by atoms with E-state index >= 15 is 0 Å². The number of hydrogen-bond donors (Lipinski definition) is 1. The lowest BCUT2D eigenvalue weighted by Crippen LogP contribution is -2.03. The monoisotopic (exact) mass is 270 g/mol. The van der Waals surface area contributed by atoms with E-state index in [0.717, 1.165) is 0 Å². The lowest BCUT2D eigenvalue weighted by atomic mass is 10.2. The first-order valence-electron chi connectivity index (χ1n) is 5.64. The molecule has 0 spiro atoms. The van der Waals surface area contributed by atoms with Crippen molar-refractivity contribution in [3.63, 3.8) is 0 Å². The van der Waals surface area contributed by atoms with Gasteiger partial charge in [0, 0.05) is 12.6 Å². The first kappa shape index (κ1) is 14.4. The van der Waals surface area contributed by atoms with Crippen LogP contribution in [-0.4, -0.2) is 29.0 Å². The Morgan fingerprint density at radius 1 is 1.56 bits per heavy atom. The fraction of sp³-hybridized carbons (Fsp3) is 0.455. The Bertz CT molecular complexity index is 395. The van der Waals surface area contributed by atoms with Gasteiger partial charge in [-0.3, -0.25) is 10.2 Å². The first-order chi connectivity index (χ1) is 8.72. The van der Waals surface area contributed by atoms with Crippen molar-refractivity contribution in [2.24, 2.45) is 5.10 Å². The Hall–Kier alpha value is -1.69. The molecule has 0 atom stereocenters. The molecule has 98 valence electrons. The molecule has 1 N–H and O–H groups in total. The number of ether oxygens (including phenoxy) is 1. The summed E-state index contributed by atoms with van der Waals surface area (Å²) < 4.78 is 4.80. The molecule has 1 aromatic heterocycles. The van der Waals surface area contributed by atoms with Crippen molar-refractivity contribution in [3.05, 3.63) is 17.3 Å². The van der Waals surface area contributed by atoms with E-state index in [-0.39, 0.29) is 5.97 Å². The SMILES string of the molecule is CCOC(=O)CCCC=NNc1ccc(Cl)nn1. The molecule has 0 aromatic carbocycles. The Balaban J connectivity index is 2.14. The molecular weight excluding hydrogens is 256 g/mol. The molecule has 0 bridgehead atoms. The zero-order valence-electron chi connectivity index (χ0n) is 10.1. The van der Waals surface area contributed by atoms with Gasteiger partial charge in [0.05, 0.1) is 6.61 Å². The molecular formula is C11H15ClN4O2. The van der Waals surface area contributed by atoms with E-state index in [1.807, 2.05) is 0 Å². The molecule has 0 aliphatic carbocycles. The van der Waals surface area contributed by atoms with Gasteiger partial charge >= 0.3 is 5.97 Å². The van der Waals surface area contributed by atoms with Gasteiger partial charge in [0.25, 0.3) is 0 Å². The third-order valence-corrected chi connectivity index (χ3v) is 2.12. The summed E-state index contributed by atoms with van der Waals surface area (Å²) in [4.78, 5) is 11.0. The number of hydrazone groups is 1. The predicted octanol–water partition coefficient (Wildman–Crippen LogP) is 2.26. The quantitative estimate of drug-likeness (QED) is 0.356. The number of nitrogens with one attached hydrogen (secondary N) is 1. The summed E-state index contributed by atoms with van der Waals surface area (Å²) in [6, 6.07) is 3.29. The second-order valence-electron chi connectivity index (χ2n) is 3.36. The van der Waals surface area contributed by atoms with Gasteiger partial charge in [-0.1, -0.05) is 11.6 Å². The smallest absolute Gasteiger partial charge is 0.305 e. The number of unbranched alkanes of at least 4 members (excludes halogenated alkanes) is 1. The second-order valence-corrected chi connectivity index (χ2v) is 3.75. The van der Waals surface area contributed by atoms with Crippen LogP contribution in [0.25, 0.3) is 0 Å². The number of carbonyl (C=O) groups is 1. The average molecular weight is 271 g/mol. The summed E-state index contributed by atoms with van der Waals surface area (Å²) in [5, 5.41) is 11.7. The molecule has 1 aromatic rings. The Kier molecular flexibility index (Phi) is 6.71. The van der Waals surface area contributed by atoms with Crippen molar-refractivity contribution in [1.82, 2.24) is 10.2 Å². The Morgan fingerprint density at radius 3 is 3.06 bits per heavy atom. The van der Waals surface area contributed by atoms with Crippen molar-refractivity contribution >= 4 is 29.6 Å². The molecule has 1 heterocycles. The maximum atomic E-state index is 11.0. The fourth-order valence-corrected chi connectivity index (χ4v) is 1.22. The molecule has 6 nitrogen and oxygen atoms in total. The van der Waals surface area contributed by atoms with Crippen LogP contribution < -0.4 is 5.43 Å². The molecule has 0 aliphatic rings. The minimum atomic E-state index is -0.178. The molecule has 0 fully saturated rings. The minimum absolute atomic E-state index is 0.178. The van der Waals surface area contributed by atoms with Crippen molar-refractivity contribution in [3.8, 4) is 0 Å². The normalized spacial score (nSPS) is 10.6. The lowest BCUT2D eigenvalue weighted by molar-refractivity contribution is -0.143. The summed E-state index contributed by atoms with van der Waals surface area (Å²) >= 11 is 5.59. The molecule has 18 heavy (non-hydrogen) atoms. The zero-order chi connectivity index (χ0) is 13.2. The third-order valence-electron chi connectivity index (χ3n) is 1.92. The molecule has 0 unspecified atom stereocenters. The zero-order valence-corrected chi connectivity index (χ0v) is 10.9. The van der Waals surface area contributed by atoms with Gasteiger partial charge in [0.15, 0.2) is 11.0 Å². The first-order valence-corrected chi connectivity index (χ1v) is 6.02. The number of aromatic nitrogens is 2. The van der Waals surface area contributed by atoms with Gasteiger partial charge in [-0.2, -0.15) is 5.10 Å². The van der Waals surface area contributed by atoms with Gasteiger partial charge in [-0.25, -0.2) is 0 Å². The Morgan fingerprint density at radius 2 is 2.39 bits per heavy atom. The van der Waals surface area contributed by atoms with Crippen molar-refractivity contribution < 1.29 is 9.53 Å². The largest absolute Gasteiger partial charge is 0.466 e. The number of nitrogens with zero attached hydrogens (tertiary/aromatic N) is 3. The van der Waals surface area contributed by atoms with Crippen LogP contribution in [0, 0.1) is 0 Å². The van der Waals surface area contributed by atoms with Crippen LogP contribution in [0.5, 0.6) is 0 Å². The highest BCUT2D eigenvalue weighted by molar-refractivity contribution is 6.29. The Labute approximate surface area is 110 Å². The lowest BCUT2D eigenvalue weighted by Gasteiger charge is -1.99. The number of anilines is 1. The maximum absolute atomic E-state index is 11.0. The van der Waals surface area contributed by atoms with Crippen LogP contribution in [0.3, 0.4) is 0 Å². The summed E-state index contributed by atoms with van der Waals surface area (Å²) in [6.07, 6.45) is 3.47. The molecule has 0 saturated carbocycles. The minimum Gasteiger partial charge on any atom is -0.466 e. The van der Waals surface area contributed by atoms with Gasteiger partial charge in [0.2, 0.25) is 0 Å². The summed E-state index contributed by atoms with van der Waals surface area (Å²) in [6.45, 7) is 2.21. The van der Waals surface area contributed by atoms with Gasteiger partial charge in [0.1, 0.15) is 0 Å². The molecule has 0 amide bonds. The van der Waals surface area contributed by atoms with Crippen LogP contribution in [0.15, 0.2) is 17.2 Å². The maximum Gasteiger partial charge on any atom is 0.305 e. The van der Waals surface area contributed by atoms with Crippen molar-refractivity contribution in [1.29, 1.82) is 0 Å². The average Bonchev–Trinajstić information content (AvgIpc) is 2.36. The molecule has 0 radical (unpaired) electrons.